The van der Waals surface area contributed by atoms with Crippen LogP contribution in [0.1, 0.15) is 20.8 Å². The highest BCUT2D eigenvalue weighted by Gasteiger charge is 2.30. The van der Waals surface area contributed by atoms with E-state index in [2.05, 4.69) is 0 Å². The quantitative estimate of drug-likeness (QED) is 0.859. The predicted octanol–water partition coefficient (Wildman–Crippen LogP) is 2.51. The number of nitrogens with zero attached hydrogens (tertiary/aromatic N) is 1. The number of benzene rings is 1. The van der Waals surface area contributed by atoms with Crippen LogP contribution in [0, 0.1) is 0 Å². The van der Waals surface area contributed by atoms with Crippen LogP contribution in [-0.4, -0.2) is 31.9 Å². The fourth-order valence-corrected chi connectivity index (χ4v) is 2.27. The second-order valence-electron chi connectivity index (χ2n) is 4.75. The Kier molecular flexibility index (Phi) is 4.98. The van der Waals surface area contributed by atoms with E-state index < -0.39 is 21.0 Å². The lowest BCUT2D eigenvalue weighted by Gasteiger charge is -2.29. The van der Waals surface area contributed by atoms with Gasteiger partial charge in [-0.3, -0.25) is 4.79 Å². The van der Waals surface area contributed by atoms with E-state index >= 15 is 0 Å². The zero-order valence-corrected chi connectivity index (χ0v) is 13.0. The first-order valence-electron chi connectivity index (χ1n) is 5.92. The number of sulfone groups is 1. The van der Waals surface area contributed by atoms with E-state index in [0.717, 1.165) is 6.26 Å². The van der Waals surface area contributed by atoms with Gasteiger partial charge in [-0.2, -0.15) is 0 Å². The summed E-state index contributed by atoms with van der Waals surface area (Å²) in [5.41, 5.74) is 0.639. The predicted molar refractivity (Wildman–Crippen MR) is 78.4 cm³/mol. The van der Waals surface area contributed by atoms with Crippen LogP contribution in [0.15, 0.2) is 24.3 Å². The van der Waals surface area contributed by atoms with Crippen LogP contribution in [0.5, 0.6) is 0 Å². The number of carbonyl (C=O) groups is 1. The van der Waals surface area contributed by atoms with Gasteiger partial charge in [0, 0.05) is 23.0 Å². The van der Waals surface area contributed by atoms with Crippen molar-refractivity contribution in [2.75, 3.05) is 11.2 Å². The summed E-state index contributed by atoms with van der Waals surface area (Å²) in [5, 5.41) is -0.498. The number of rotatable bonds is 4. The average molecular weight is 304 g/mol. The molecule has 106 valence electrons. The molecule has 1 aromatic carbocycles. The molecule has 1 atom stereocenters. The molecule has 0 aliphatic rings. The largest absolute Gasteiger partial charge is 0.309 e. The molecule has 0 bridgehead atoms. The molecular weight excluding hydrogens is 286 g/mol. The number of anilines is 1. The zero-order valence-electron chi connectivity index (χ0n) is 11.4. The molecule has 1 amide bonds. The van der Waals surface area contributed by atoms with Crippen LogP contribution >= 0.6 is 11.6 Å². The summed E-state index contributed by atoms with van der Waals surface area (Å²) in [6.07, 6.45) is 1.07. The van der Waals surface area contributed by atoms with Gasteiger partial charge in [-0.1, -0.05) is 11.6 Å². The lowest BCUT2D eigenvalue weighted by atomic mass is 10.2. The van der Waals surface area contributed by atoms with Gasteiger partial charge in [0.05, 0.1) is 0 Å². The molecule has 6 heteroatoms. The number of hydrogen-bond acceptors (Lipinski definition) is 3. The second-order valence-corrected chi connectivity index (χ2v) is 7.55. The van der Waals surface area contributed by atoms with Crippen LogP contribution < -0.4 is 4.90 Å². The zero-order chi connectivity index (χ0) is 14.8. The van der Waals surface area contributed by atoms with Gasteiger partial charge < -0.3 is 4.90 Å². The van der Waals surface area contributed by atoms with Crippen molar-refractivity contribution in [1.82, 2.24) is 0 Å². The fraction of sp³-hybridized carbons (Fsp3) is 0.462. The molecule has 0 spiro atoms. The number of carbonyl (C=O) groups excluding carboxylic acids is 1. The molecule has 0 aromatic heterocycles. The highest BCUT2D eigenvalue weighted by molar-refractivity contribution is 7.92. The molecule has 0 heterocycles. The number of halogens is 1. The van der Waals surface area contributed by atoms with Gasteiger partial charge in [-0.25, -0.2) is 8.42 Å². The van der Waals surface area contributed by atoms with Crippen molar-refractivity contribution >= 4 is 33.0 Å². The van der Waals surface area contributed by atoms with Gasteiger partial charge in [0.2, 0.25) is 5.91 Å². The Morgan fingerprint density at radius 1 is 1.16 bits per heavy atom. The molecule has 0 aliphatic heterocycles. The van der Waals surface area contributed by atoms with E-state index in [1.165, 1.54) is 11.8 Å². The first-order chi connectivity index (χ1) is 8.64. The Bertz CT molecular complexity index is 552. The Labute approximate surface area is 119 Å². The monoisotopic (exact) mass is 303 g/mol. The fourth-order valence-electron chi connectivity index (χ4n) is 1.66. The van der Waals surface area contributed by atoms with E-state index in [4.69, 9.17) is 11.6 Å². The van der Waals surface area contributed by atoms with E-state index in [1.807, 2.05) is 13.8 Å². The van der Waals surface area contributed by atoms with Crippen molar-refractivity contribution in [3.8, 4) is 0 Å². The molecule has 1 unspecified atom stereocenters. The third kappa shape index (κ3) is 3.94. The maximum absolute atomic E-state index is 12.3. The maximum atomic E-state index is 12.3. The van der Waals surface area contributed by atoms with Gasteiger partial charge in [-0.15, -0.1) is 0 Å². The molecule has 0 N–H and O–H groups in total. The van der Waals surface area contributed by atoms with Crippen molar-refractivity contribution in [2.45, 2.75) is 32.1 Å². The van der Waals surface area contributed by atoms with Gasteiger partial charge in [-0.05, 0) is 45.0 Å². The highest BCUT2D eigenvalue weighted by atomic mass is 35.5. The van der Waals surface area contributed by atoms with Crippen molar-refractivity contribution in [3.63, 3.8) is 0 Å². The first kappa shape index (κ1) is 16.0. The van der Waals surface area contributed by atoms with E-state index in [0.29, 0.717) is 10.7 Å². The number of hydrogen-bond donors (Lipinski definition) is 0. The highest BCUT2D eigenvalue weighted by Crippen LogP contribution is 2.22. The molecule has 0 saturated heterocycles. The molecule has 0 radical (unpaired) electrons. The molecule has 19 heavy (non-hydrogen) atoms. The van der Waals surface area contributed by atoms with Gasteiger partial charge in [0.15, 0.2) is 9.84 Å². The first-order valence-corrected chi connectivity index (χ1v) is 8.25. The summed E-state index contributed by atoms with van der Waals surface area (Å²) < 4.78 is 23.0. The smallest absolute Gasteiger partial charge is 0.245 e. The van der Waals surface area contributed by atoms with Gasteiger partial charge >= 0.3 is 0 Å². The van der Waals surface area contributed by atoms with E-state index in [9.17, 15) is 13.2 Å². The minimum atomic E-state index is -3.41. The summed E-state index contributed by atoms with van der Waals surface area (Å²) in [7, 11) is -3.41. The summed E-state index contributed by atoms with van der Waals surface area (Å²) in [6, 6.07) is 6.61. The Balaban J connectivity index is 3.15. The molecule has 0 aliphatic carbocycles. The third-order valence-corrected chi connectivity index (χ3v) is 4.59. The molecule has 1 aromatic rings. The average Bonchev–Trinajstić information content (AvgIpc) is 2.29. The van der Waals surface area contributed by atoms with E-state index in [1.54, 1.807) is 24.3 Å². The van der Waals surface area contributed by atoms with Crippen LogP contribution in [0.4, 0.5) is 5.69 Å². The van der Waals surface area contributed by atoms with Crippen LogP contribution in [-0.2, 0) is 14.6 Å². The molecule has 1 rings (SSSR count). The molecule has 4 nitrogen and oxygen atoms in total. The van der Waals surface area contributed by atoms with Crippen molar-refractivity contribution in [3.05, 3.63) is 29.3 Å². The van der Waals surface area contributed by atoms with Gasteiger partial charge in [0.25, 0.3) is 0 Å². The topological polar surface area (TPSA) is 54.5 Å². The molecular formula is C13H18ClNO3S. The van der Waals surface area contributed by atoms with Crippen molar-refractivity contribution in [1.29, 1.82) is 0 Å². The minimum absolute atomic E-state index is 0.141. The van der Waals surface area contributed by atoms with Gasteiger partial charge in [0.1, 0.15) is 5.25 Å². The summed E-state index contributed by atoms with van der Waals surface area (Å²) in [6.45, 7) is 5.08. The molecule has 0 fully saturated rings. The Morgan fingerprint density at radius 2 is 1.63 bits per heavy atom. The van der Waals surface area contributed by atoms with Crippen LogP contribution in [0.2, 0.25) is 5.02 Å². The normalized spacial score (nSPS) is 13.4. The van der Waals surface area contributed by atoms with Crippen LogP contribution in [0.3, 0.4) is 0 Å². The maximum Gasteiger partial charge on any atom is 0.245 e. The Morgan fingerprint density at radius 3 is 2.00 bits per heavy atom. The minimum Gasteiger partial charge on any atom is -0.309 e. The summed E-state index contributed by atoms with van der Waals surface area (Å²) in [4.78, 5) is 13.8. The van der Waals surface area contributed by atoms with Crippen molar-refractivity contribution < 1.29 is 13.2 Å². The van der Waals surface area contributed by atoms with Crippen LogP contribution in [0.25, 0.3) is 0 Å². The lowest BCUT2D eigenvalue weighted by molar-refractivity contribution is -0.118. The summed E-state index contributed by atoms with van der Waals surface area (Å²) in [5.74, 6) is -0.431. The van der Waals surface area contributed by atoms with Crippen molar-refractivity contribution in [2.24, 2.45) is 0 Å². The molecule has 0 saturated carbocycles. The SMILES string of the molecule is CC(C)N(C(=O)C(C)S(C)(=O)=O)c1ccc(Cl)cc1. The lowest BCUT2D eigenvalue weighted by Crippen LogP contribution is -2.45. The standard InChI is InChI=1S/C13H18ClNO3S/c1-9(2)15(12-7-5-11(14)6-8-12)13(16)10(3)19(4,17)18/h5-10H,1-4H3. The second kappa shape index (κ2) is 5.92. The number of amides is 1. The third-order valence-electron chi connectivity index (χ3n) is 2.85. The van der Waals surface area contributed by atoms with E-state index in [-0.39, 0.29) is 6.04 Å². The Hall–Kier alpha value is -1.07. The summed E-state index contributed by atoms with van der Waals surface area (Å²) >= 11 is 5.81.